The van der Waals surface area contributed by atoms with Gasteiger partial charge >= 0.3 is 0 Å². The fourth-order valence-electron chi connectivity index (χ4n) is 3.46. The van der Waals surface area contributed by atoms with Crippen LogP contribution in [0.1, 0.15) is 64.6 Å². The number of allylic oxidation sites excluding steroid dienone is 3. The number of hydrogen-bond donors (Lipinski definition) is 1. The van der Waals surface area contributed by atoms with Crippen molar-refractivity contribution in [3.05, 3.63) is 48.0 Å². The Morgan fingerprint density at radius 3 is 2.85 bits per heavy atom. The van der Waals surface area contributed by atoms with Crippen LogP contribution in [0.25, 0.3) is 5.65 Å². The molecule has 5 heteroatoms. The minimum absolute atomic E-state index is 0.531. The van der Waals surface area contributed by atoms with E-state index < -0.39 is 0 Å². The lowest BCUT2D eigenvalue weighted by Gasteiger charge is -2.19. The van der Waals surface area contributed by atoms with Gasteiger partial charge in [-0.1, -0.05) is 43.1 Å². The molecular weight excluding hydrogens is 322 g/mol. The van der Waals surface area contributed by atoms with Gasteiger partial charge in [-0.15, -0.1) is 10.2 Å². The molecule has 3 rings (SSSR count). The number of nitrogens with zero attached hydrogens (tertiary/aromatic N) is 4. The molecule has 0 atom stereocenters. The zero-order chi connectivity index (χ0) is 18.4. The summed E-state index contributed by atoms with van der Waals surface area (Å²) in [6, 6.07) is 4.09. The van der Waals surface area contributed by atoms with Crippen molar-refractivity contribution >= 4 is 17.2 Å². The maximum atomic E-state index is 4.62. The van der Waals surface area contributed by atoms with Crippen molar-refractivity contribution in [2.24, 2.45) is 4.99 Å². The van der Waals surface area contributed by atoms with Crippen molar-refractivity contribution in [3.63, 3.8) is 0 Å². The predicted molar refractivity (Wildman–Crippen MR) is 109 cm³/mol. The molecule has 0 aromatic carbocycles. The number of rotatable bonds is 5. The van der Waals surface area contributed by atoms with Gasteiger partial charge in [0.25, 0.3) is 0 Å². The van der Waals surface area contributed by atoms with Gasteiger partial charge < -0.3 is 5.32 Å². The number of amidine groups is 1. The summed E-state index contributed by atoms with van der Waals surface area (Å²) in [5.41, 5.74) is 3.06. The lowest BCUT2D eigenvalue weighted by molar-refractivity contribution is 0.426. The van der Waals surface area contributed by atoms with Crippen LogP contribution < -0.4 is 5.32 Å². The van der Waals surface area contributed by atoms with Crippen LogP contribution >= 0.6 is 0 Å². The monoisotopic (exact) mass is 351 g/mol. The zero-order valence-electron chi connectivity index (χ0n) is 16.1. The van der Waals surface area contributed by atoms with E-state index in [1.807, 2.05) is 32.1 Å². The van der Waals surface area contributed by atoms with E-state index in [2.05, 4.69) is 50.2 Å². The molecule has 1 aliphatic rings. The molecule has 1 saturated carbocycles. The Morgan fingerprint density at radius 2 is 2.08 bits per heavy atom. The van der Waals surface area contributed by atoms with Gasteiger partial charge in [-0.25, -0.2) is 0 Å². The van der Waals surface area contributed by atoms with Gasteiger partial charge in [0.05, 0.1) is 18.1 Å². The maximum absolute atomic E-state index is 4.62. The molecule has 0 aliphatic heterocycles. The molecule has 0 bridgehead atoms. The Bertz CT molecular complexity index is 822. The highest BCUT2D eigenvalue weighted by Crippen LogP contribution is 2.32. The number of aliphatic imine (C=N–C) groups is 1. The topological polar surface area (TPSA) is 54.6 Å². The maximum Gasteiger partial charge on any atom is 0.184 e. The molecule has 2 aromatic rings. The van der Waals surface area contributed by atoms with Gasteiger partial charge in [0.2, 0.25) is 0 Å². The first kappa shape index (κ1) is 18.4. The SMILES string of the molecule is CC=CC=C(C)CN=C(C)Nc1cccn2c(C3CCCCC3)nnc12. The van der Waals surface area contributed by atoms with Crippen molar-refractivity contribution in [3.8, 4) is 0 Å². The van der Waals surface area contributed by atoms with Crippen molar-refractivity contribution in [1.29, 1.82) is 0 Å². The summed E-state index contributed by atoms with van der Waals surface area (Å²) in [5.74, 6) is 2.51. The second-order valence-corrected chi connectivity index (χ2v) is 7.07. The Balaban J connectivity index is 1.77. The second-order valence-electron chi connectivity index (χ2n) is 7.07. The average molecular weight is 351 g/mol. The van der Waals surface area contributed by atoms with E-state index in [0.717, 1.165) is 23.0 Å². The largest absolute Gasteiger partial charge is 0.341 e. The Morgan fingerprint density at radius 1 is 1.27 bits per heavy atom. The quantitative estimate of drug-likeness (QED) is 0.461. The fourth-order valence-corrected chi connectivity index (χ4v) is 3.46. The Labute approximate surface area is 155 Å². The van der Waals surface area contributed by atoms with Gasteiger partial charge in [0, 0.05) is 12.1 Å². The van der Waals surface area contributed by atoms with Gasteiger partial charge in [-0.2, -0.15) is 0 Å². The Hall–Kier alpha value is -2.43. The van der Waals surface area contributed by atoms with Gasteiger partial charge in [0.15, 0.2) is 5.65 Å². The third kappa shape index (κ3) is 4.40. The molecule has 1 fully saturated rings. The van der Waals surface area contributed by atoms with Gasteiger partial charge in [-0.05, 0) is 45.7 Å². The van der Waals surface area contributed by atoms with Gasteiger partial charge in [0.1, 0.15) is 5.82 Å². The average Bonchev–Trinajstić information content (AvgIpc) is 3.10. The third-order valence-corrected chi connectivity index (χ3v) is 4.89. The normalized spacial score (nSPS) is 17.3. The molecule has 5 nitrogen and oxygen atoms in total. The highest BCUT2D eigenvalue weighted by atomic mass is 15.3. The molecule has 0 radical (unpaired) electrons. The lowest BCUT2D eigenvalue weighted by Crippen LogP contribution is -2.11. The summed E-state index contributed by atoms with van der Waals surface area (Å²) in [6.07, 6.45) is 14.6. The number of hydrogen-bond acceptors (Lipinski definition) is 3. The van der Waals surface area contributed by atoms with Crippen molar-refractivity contribution < 1.29 is 0 Å². The van der Waals surface area contributed by atoms with Gasteiger partial charge in [-0.3, -0.25) is 9.39 Å². The molecule has 2 aromatic heterocycles. The van der Waals surface area contributed by atoms with E-state index in [4.69, 9.17) is 0 Å². The van der Waals surface area contributed by atoms with Crippen molar-refractivity contribution in [2.75, 3.05) is 11.9 Å². The van der Waals surface area contributed by atoms with Crippen LogP contribution in [0.5, 0.6) is 0 Å². The number of pyridine rings is 1. The highest BCUT2D eigenvalue weighted by Gasteiger charge is 2.21. The number of nitrogens with one attached hydrogen (secondary N) is 1. The van der Waals surface area contributed by atoms with Crippen LogP contribution in [0.15, 0.2) is 47.1 Å². The zero-order valence-corrected chi connectivity index (χ0v) is 16.1. The predicted octanol–water partition coefficient (Wildman–Crippen LogP) is 5.13. The van der Waals surface area contributed by atoms with Crippen molar-refractivity contribution in [2.45, 2.75) is 58.8 Å². The molecule has 0 spiro atoms. The van der Waals surface area contributed by atoms with E-state index in [1.54, 1.807) is 0 Å². The van der Waals surface area contributed by atoms with E-state index >= 15 is 0 Å². The first-order chi connectivity index (χ1) is 12.7. The lowest BCUT2D eigenvalue weighted by atomic mass is 9.89. The number of fused-ring (bicyclic) bond motifs is 1. The van der Waals surface area contributed by atoms with E-state index in [0.29, 0.717) is 12.5 Å². The molecular formula is C21H29N5. The van der Waals surface area contributed by atoms with Crippen LogP contribution in [0.3, 0.4) is 0 Å². The molecule has 26 heavy (non-hydrogen) atoms. The summed E-state index contributed by atoms with van der Waals surface area (Å²) in [6.45, 7) is 6.78. The van der Waals surface area contributed by atoms with Crippen LogP contribution in [-0.4, -0.2) is 27.0 Å². The summed E-state index contributed by atoms with van der Waals surface area (Å²) in [5, 5.41) is 12.4. The molecule has 1 aliphatic carbocycles. The molecule has 0 amide bonds. The van der Waals surface area contributed by atoms with E-state index in [-0.39, 0.29) is 0 Å². The second kappa shape index (κ2) is 8.79. The van der Waals surface area contributed by atoms with E-state index in [1.165, 1.54) is 37.7 Å². The Kier molecular flexibility index (Phi) is 6.21. The summed E-state index contributed by atoms with van der Waals surface area (Å²) >= 11 is 0. The standard InChI is InChI=1S/C21H29N5/c1-4-5-10-16(2)15-22-17(3)23-19-13-9-14-26-20(24-25-21(19)26)18-11-7-6-8-12-18/h4-5,9-10,13-14,18H,6-8,11-12,15H2,1-3H3,(H,22,23). The fraction of sp³-hybridized carbons (Fsp3) is 0.476. The minimum Gasteiger partial charge on any atom is -0.341 e. The molecule has 0 saturated heterocycles. The first-order valence-corrected chi connectivity index (χ1v) is 9.59. The minimum atomic E-state index is 0.531. The molecule has 0 unspecified atom stereocenters. The first-order valence-electron chi connectivity index (χ1n) is 9.59. The summed E-state index contributed by atoms with van der Waals surface area (Å²) < 4.78 is 2.14. The third-order valence-electron chi connectivity index (χ3n) is 4.89. The van der Waals surface area contributed by atoms with Crippen LogP contribution in [0.4, 0.5) is 5.69 Å². The molecule has 1 N–H and O–H groups in total. The van der Waals surface area contributed by atoms with Crippen LogP contribution in [0, 0.1) is 0 Å². The highest BCUT2D eigenvalue weighted by molar-refractivity contribution is 5.96. The summed E-state index contributed by atoms with van der Waals surface area (Å²) in [7, 11) is 0. The smallest absolute Gasteiger partial charge is 0.184 e. The van der Waals surface area contributed by atoms with Crippen LogP contribution in [-0.2, 0) is 0 Å². The number of aromatic nitrogens is 3. The molecule has 138 valence electrons. The van der Waals surface area contributed by atoms with Crippen LogP contribution in [0.2, 0.25) is 0 Å². The van der Waals surface area contributed by atoms with E-state index in [9.17, 15) is 0 Å². The number of anilines is 1. The van der Waals surface area contributed by atoms with Crippen molar-refractivity contribution in [1.82, 2.24) is 14.6 Å². The molecule has 2 heterocycles. The summed E-state index contributed by atoms with van der Waals surface area (Å²) in [4.78, 5) is 4.62.